The molecule has 1 atom stereocenters. The zero-order valence-electron chi connectivity index (χ0n) is 15.1. The molecule has 0 fully saturated rings. The van der Waals surface area contributed by atoms with Crippen LogP contribution in [-0.4, -0.2) is 55.9 Å². The van der Waals surface area contributed by atoms with E-state index >= 15 is 0 Å². The molecule has 0 saturated heterocycles. The van der Waals surface area contributed by atoms with Crippen molar-refractivity contribution < 1.29 is 19.1 Å². The Balaban J connectivity index is 2.00. The summed E-state index contributed by atoms with van der Waals surface area (Å²) < 4.78 is 5.38. The molecule has 7 nitrogen and oxygen atoms in total. The first kappa shape index (κ1) is 18.8. The maximum Gasteiger partial charge on any atom is 0.265 e. The van der Waals surface area contributed by atoms with Gasteiger partial charge < -0.3 is 19.9 Å². The Labute approximate surface area is 147 Å². The predicted octanol–water partition coefficient (Wildman–Crippen LogP) is 1.03. The van der Waals surface area contributed by atoms with E-state index in [1.807, 2.05) is 26.0 Å². The highest BCUT2D eigenvalue weighted by molar-refractivity contribution is 5.98. The summed E-state index contributed by atoms with van der Waals surface area (Å²) in [6.07, 6.45) is 0.115. The van der Waals surface area contributed by atoms with Crippen LogP contribution in [0.2, 0.25) is 0 Å². The molecule has 0 radical (unpaired) electrons. The Hall–Kier alpha value is -2.57. The van der Waals surface area contributed by atoms with Crippen LogP contribution in [0.5, 0.6) is 5.75 Å². The van der Waals surface area contributed by atoms with Gasteiger partial charge in [-0.05, 0) is 18.1 Å². The van der Waals surface area contributed by atoms with E-state index in [2.05, 4.69) is 5.32 Å². The molecule has 0 aliphatic carbocycles. The van der Waals surface area contributed by atoms with Crippen LogP contribution >= 0.6 is 0 Å². The van der Waals surface area contributed by atoms with Crippen LogP contribution < -0.4 is 15.0 Å². The summed E-state index contributed by atoms with van der Waals surface area (Å²) in [5, 5.41) is 2.78. The first-order valence-electron chi connectivity index (χ1n) is 8.34. The lowest BCUT2D eigenvalue weighted by Crippen LogP contribution is -2.50. The number of benzene rings is 1. The van der Waals surface area contributed by atoms with Crippen molar-refractivity contribution in [2.45, 2.75) is 26.3 Å². The largest absolute Gasteiger partial charge is 0.482 e. The third-order valence-corrected chi connectivity index (χ3v) is 4.06. The topological polar surface area (TPSA) is 79.0 Å². The molecular formula is C18H25N3O4. The number of fused-ring (bicyclic) bond motifs is 1. The normalized spacial score (nSPS) is 14.6. The van der Waals surface area contributed by atoms with Crippen molar-refractivity contribution in [3.63, 3.8) is 0 Å². The molecular weight excluding hydrogens is 322 g/mol. The average molecular weight is 347 g/mol. The minimum atomic E-state index is -0.574. The van der Waals surface area contributed by atoms with Gasteiger partial charge in [0.25, 0.3) is 5.91 Å². The number of carbonyl (C=O) groups excluding carboxylic acids is 3. The molecule has 136 valence electrons. The van der Waals surface area contributed by atoms with E-state index in [9.17, 15) is 14.4 Å². The molecule has 0 unspecified atom stereocenters. The highest BCUT2D eigenvalue weighted by atomic mass is 16.5. The molecule has 1 N–H and O–H groups in total. The number of carbonyl (C=O) groups is 3. The fourth-order valence-corrected chi connectivity index (χ4v) is 2.65. The Morgan fingerprint density at radius 3 is 2.60 bits per heavy atom. The van der Waals surface area contributed by atoms with Gasteiger partial charge >= 0.3 is 0 Å². The minimum Gasteiger partial charge on any atom is -0.482 e. The SMILES string of the molecule is CC(C)[C@H](NC(=O)CCN1C(=O)COc2ccccc21)C(=O)N(C)C. The smallest absolute Gasteiger partial charge is 0.265 e. The lowest BCUT2D eigenvalue weighted by molar-refractivity contribution is -0.135. The second kappa shape index (κ2) is 8.00. The van der Waals surface area contributed by atoms with Crippen molar-refractivity contribution in [3.05, 3.63) is 24.3 Å². The van der Waals surface area contributed by atoms with Crippen LogP contribution in [0.1, 0.15) is 20.3 Å². The number of hydrogen-bond donors (Lipinski definition) is 1. The molecule has 3 amide bonds. The first-order chi connectivity index (χ1) is 11.8. The van der Waals surface area contributed by atoms with Crippen molar-refractivity contribution in [1.29, 1.82) is 0 Å². The average Bonchev–Trinajstić information content (AvgIpc) is 2.57. The number of ether oxygens (including phenoxy) is 1. The number of hydrogen-bond acceptors (Lipinski definition) is 4. The van der Waals surface area contributed by atoms with E-state index in [0.717, 1.165) is 0 Å². The third-order valence-electron chi connectivity index (χ3n) is 4.06. The minimum absolute atomic E-state index is 0.0235. The van der Waals surface area contributed by atoms with E-state index < -0.39 is 6.04 Å². The summed E-state index contributed by atoms with van der Waals surface area (Å²) >= 11 is 0. The van der Waals surface area contributed by atoms with E-state index in [0.29, 0.717) is 11.4 Å². The van der Waals surface area contributed by atoms with Crippen LogP contribution in [0, 0.1) is 5.92 Å². The van der Waals surface area contributed by atoms with E-state index in [4.69, 9.17) is 4.74 Å². The lowest BCUT2D eigenvalue weighted by Gasteiger charge is -2.29. The molecule has 25 heavy (non-hydrogen) atoms. The summed E-state index contributed by atoms with van der Waals surface area (Å²) in [4.78, 5) is 39.6. The van der Waals surface area contributed by atoms with Crippen molar-refractivity contribution >= 4 is 23.4 Å². The molecule has 7 heteroatoms. The Morgan fingerprint density at radius 2 is 1.96 bits per heavy atom. The Kier molecular flexibility index (Phi) is 6.01. The van der Waals surface area contributed by atoms with Gasteiger partial charge in [0.1, 0.15) is 11.8 Å². The molecule has 0 aromatic heterocycles. The first-order valence-corrected chi connectivity index (χ1v) is 8.34. The van der Waals surface area contributed by atoms with Crippen molar-refractivity contribution in [3.8, 4) is 5.75 Å². The molecule has 0 bridgehead atoms. The summed E-state index contributed by atoms with van der Waals surface area (Å²) in [5.41, 5.74) is 0.663. The van der Waals surface area contributed by atoms with Gasteiger partial charge in [-0.3, -0.25) is 14.4 Å². The Bertz CT molecular complexity index is 657. The second-order valence-corrected chi connectivity index (χ2v) is 6.57. The zero-order chi connectivity index (χ0) is 18.6. The maximum atomic E-state index is 12.3. The molecule has 1 aliphatic rings. The molecule has 0 spiro atoms. The van der Waals surface area contributed by atoms with Gasteiger partial charge in [-0.2, -0.15) is 0 Å². The number of amides is 3. The molecule has 1 aromatic carbocycles. The van der Waals surface area contributed by atoms with Crippen LogP contribution in [-0.2, 0) is 14.4 Å². The van der Waals surface area contributed by atoms with Gasteiger partial charge in [-0.15, -0.1) is 0 Å². The number of para-hydroxylation sites is 2. The van der Waals surface area contributed by atoms with Gasteiger partial charge in [0.2, 0.25) is 11.8 Å². The summed E-state index contributed by atoms with van der Waals surface area (Å²) in [6, 6.07) is 6.66. The van der Waals surface area contributed by atoms with Crippen molar-refractivity contribution in [2.24, 2.45) is 5.92 Å². The third kappa shape index (κ3) is 4.49. The van der Waals surface area contributed by atoms with Crippen LogP contribution in [0.25, 0.3) is 0 Å². The van der Waals surface area contributed by atoms with E-state index in [1.165, 1.54) is 4.90 Å². The fourth-order valence-electron chi connectivity index (χ4n) is 2.65. The highest BCUT2D eigenvalue weighted by Crippen LogP contribution is 2.31. The summed E-state index contributed by atoms with van der Waals surface area (Å²) in [6.45, 7) is 3.97. The molecule has 2 rings (SSSR count). The van der Waals surface area contributed by atoms with Crippen LogP contribution in [0.3, 0.4) is 0 Å². The van der Waals surface area contributed by atoms with Gasteiger partial charge in [-0.25, -0.2) is 0 Å². The number of rotatable bonds is 6. The summed E-state index contributed by atoms with van der Waals surface area (Å²) in [7, 11) is 3.32. The molecule has 0 saturated carbocycles. The standard InChI is InChI=1S/C18H25N3O4/c1-12(2)17(18(24)20(3)4)19-15(22)9-10-21-13-7-5-6-8-14(13)25-11-16(21)23/h5-8,12,17H,9-11H2,1-4H3,(H,19,22)/t17-/m0/s1. The zero-order valence-corrected chi connectivity index (χ0v) is 15.1. The highest BCUT2D eigenvalue weighted by Gasteiger charge is 2.28. The number of likely N-dealkylation sites (N-methyl/N-ethyl adjacent to an activating group) is 1. The van der Waals surface area contributed by atoms with Crippen molar-refractivity contribution in [1.82, 2.24) is 10.2 Å². The quantitative estimate of drug-likeness (QED) is 0.834. The van der Waals surface area contributed by atoms with Gasteiger partial charge in [-0.1, -0.05) is 26.0 Å². The molecule has 1 heterocycles. The van der Waals surface area contributed by atoms with Gasteiger partial charge in [0.15, 0.2) is 6.61 Å². The lowest BCUT2D eigenvalue weighted by atomic mass is 10.0. The van der Waals surface area contributed by atoms with Gasteiger partial charge in [0, 0.05) is 27.1 Å². The predicted molar refractivity (Wildman–Crippen MR) is 94.4 cm³/mol. The van der Waals surface area contributed by atoms with Gasteiger partial charge in [0.05, 0.1) is 5.69 Å². The second-order valence-electron chi connectivity index (χ2n) is 6.57. The van der Waals surface area contributed by atoms with E-state index in [1.54, 1.807) is 31.1 Å². The number of nitrogens with one attached hydrogen (secondary N) is 1. The Morgan fingerprint density at radius 1 is 1.28 bits per heavy atom. The number of nitrogens with zero attached hydrogens (tertiary/aromatic N) is 2. The maximum absolute atomic E-state index is 12.3. The van der Waals surface area contributed by atoms with E-state index in [-0.39, 0.29) is 43.2 Å². The molecule has 1 aromatic rings. The number of anilines is 1. The van der Waals surface area contributed by atoms with Crippen molar-refractivity contribution in [2.75, 3.05) is 32.1 Å². The van der Waals surface area contributed by atoms with Crippen LogP contribution in [0.15, 0.2) is 24.3 Å². The molecule has 1 aliphatic heterocycles. The monoisotopic (exact) mass is 347 g/mol. The van der Waals surface area contributed by atoms with Crippen LogP contribution in [0.4, 0.5) is 5.69 Å². The fraction of sp³-hybridized carbons (Fsp3) is 0.500. The summed E-state index contributed by atoms with van der Waals surface area (Å²) in [5.74, 6) is 0.0213.